The molecular weight excluding hydrogens is 526 g/mol. The highest BCUT2D eigenvalue weighted by molar-refractivity contribution is 7.92. The predicted molar refractivity (Wildman–Crippen MR) is 143 cm³/mol. The number of amides is 2. The summed E-state index contributed by atoms with van der Waals surface area (Å²) in [6, 6.07) is 11.3. The molecule has 1 aliphatic carbocycles. The van der Waals surface area contributed by atoms with E-state index < -0.39 is 26.9 Å². The molecule has 0 unspecified atom stereocenters. The average Bonchev–Trinajstić information content (AvgIpc) is 3.70. The Bertz CT molecular complexity index is 1380. The summed E-state index contributed by atoms with van der Waals surface area (Å²) >= 11 is 1.31. The molecule has 38 heavy (non-hydrogen) atoms. The maximum Gasteiger partial charge on any atom is 0.245 e. The van der Waals surface area contributed by atoms with Gasteiger partial charge in [-0.05, 0) is 42.9 Å². The van der Waals surface area contributed by atoms with Crippen LogP contribution in [0.1, 0.15) is 49.8 Å². The van der Waals surface area contributed by atoms with Crippen LogP contribution in [-0.4, -0.2) is 54.2 Å². The first-order valence-electron chi connectivity index (χ1n) is 12.8. The van der Waals surface area contributed by atoms with E-state index in [9.17, 15) is 23.2 Å². The minimum atomic E-state index is -3.85. The van der Waals surface area contributed by atoms with Gasteiger partial charge >= 0.3 is 0 Å². The van der Waals surface area contributed by atoms with E-state index in [1.807, 2.05) is 30.3 Å². The van der Waals surface area contributed by atoms with Gasteiger partial charge in [-0.1, -0.05) is 37.1 Å². The summed E-state index contributed by atoms with van der Waals surface area (Å²) < 4.78 is 31.4. The molecule has 3 heterocycles. The van der Waals surface area contributed by atoms with E-state index >= 15 is 0 Å². The summed E-state index contributed by atoms with van der Waals surface area (Å²) in [5.41, 5.74) is 3.37. The molecule has 202 valence electrons. The van der Waals surface area contributed by atoms with Gasteiger partial charge in [0, 0.05) is 34.8 Å². The molecule has 0 spiro atoms. The second-order valence-electron chi connectivity index (χ2n) is 10.1. The summed E-state index contributed by atoms with van der Waals surface area (Å²) in [4.78, 5) is 32.4. The largest absolute Gasteiger partial charge is 0.444 e. The number of rotatable bonds is 7. The van der Waals surface area contributed by atoms with Crippen molar-refractivity contribution in [3.63, 3.8) is 0 Å². The highest BCUT2D eigenvalue weighted by Gasteiger charge is 2.50. The van der Waals surface area contributed by atoms with Gasteiger partial charge in [-0.2, -0.15) is 0 Å². The predicted octanol–water partition coefficient (Wildman–Crippen LogP) is 4.39. The lowest BCUT2D eigenvalue weighted by Gasteiger charge is -2.30. The third-order valence-electron chi connectivity index (χ3n) is 7.81. The van der Waals surface area contributed by atoms with Crippen LogP contribution in [0.5, 0.6) is 0 Å². The zero-order chi connectivity index (χ0) is 26.8. The second-order valence-corrected chi connectivity index (χ2v) is 13.6. The summed E-state index contributed by atoms with van der Waals surface area (Å²) in [7, 11) is -3.85. The first-order chi connectivity index (χ1) is 18.3. The van der Waals surface area contributed by atoms with Gasteiger partial charge < -0.3 is 9.32 Å². The van der Waals surface area contributed by atoms with Crippen LogP contribution in [0, 0.1) is 5.92 Å². The topological polar surface area (TPSA) is 130 Å². The molecule has 2 fully saturated rings. The molecule has 1 saturated carbocycles. The molecule has 5 rings (SSSR count). The Morgan fingerprint density at radius 3 is 2.53 bits per heavy atom. The first-order valence-corrected chi connectivity index (χ1v) is 15.3. The fourth-order valence-corrected chi connectivity index (χ4v) is 9.21. The third kappa shape index (κ3) is 5.27. The van der Waals surface area contributed by atoms with E-state index in [-0.39, 0.29) is 31.2 Å². The van der Waals surface area contributed by atoms with Crippen molar-refractivity contribution in [2.24, 2.45) is 5.92 Å². The van der Waals surface area contributed by atoms with Crippen molar-refractivity contribution in [2.45, 2.75) is 49.7 Å². The Morgan fingerprint density at radius 1 is 1.11 bits per heavy atom. The highest BCUT2D eigenvalue weighted by atomic mass is 32.2. The molecule has 9 nitrogen and oxygen atoms in total. The molecule has 2 amide bonds. The van der Waals surface area contributed by atoms with Crippen molar-refractivity contribution in [1.29, 1.82) is 0 Å². The summed E-state index contributed by atoms with van der Waals surface area (Å²) in [6.07, 6.45) is 7.46. The van der Waals surface area contributed by atoms with E-state index in [1.54, 1.807) is 22.6 Å². The lowest BCUT2D eigenvalue weighted by Crippen LogP contribution is -2.41. The molecule has 1 aromatic carbocycles. The fourth-order valence-electron chi connectivity index (χ4n) is 5.60. The molecule has 1 aliphatic heterocycles. The van der Waals surface area contributed by atoms with E-state index in [0.29, 0.717) is 23.0 Å². The molecule has 11 heteroatoms. The number of thiophene rings is 1. The van der Waals surface area contributed by atoms with Gasteiger partial charge in [-0.25, -0.2) is 18.9 Å². The van der Waals surface area contributed by atoms with Crippen LogP contribution in [0.4, 0.5) is 0 Å². The lowest BCUT2D eigenvalue weighted by atomic mass is 9.96. The van der Waals surface area contributed by atoms with E-state index in [0.717, 1.165) is 41.7 Å². The van der Waals surface area contributed by atoms with Gasteiger partial charge in [0.05, 0.1) is 18.4 Å². The van der Waals surface area contributed by atoms with Crippen molar-refractivity contribution in [3.05, 3.63) is 53.9 Å². The van der Waals surface area contributed by atoms with Crippen molar-refractivity contribution in [2.75, 3.05) is 18.8 Å². The normalized spacial score (nSPS) is 21.8. The van der Waals surface area contributed by atoms with Crippen molar-refractivity contribution < 1.29 is 27.6 Å². The molecule has 2 N–H and O–H groups in total. The van der Waals surface area contributed by atoms with Crippen LogP contribution in [0.2, 0.25) is 0 Å². The number of benzene rings is 1. The van der Waals surface area contributed by atoms with Gasteiger partial charge in [0.2, 0.25) is 11.8 Å². The minimum Gasteiger partial charge on any atom is -0.444 e. The van der Waals surface area contributed by atoms with Crippen LogP contribution in [0.25, 0.3) is 21.8 Å². The van der Waals surface area contributed by atoms with Gasteiger partial charge in [0.15, 0.2) is 22.0 Å². The summed E-state index contributed by atoms with van der Waals surface area (Å²) in [5.74, 6) is -0.0169. The quantitative estimate of drug-likeness (QED) is 0.326. The van der Waals surface area contributed by atoms with E-state index in [2.05, 4.69) is 4.98 Å². The number of carbonyl (C=O) groups is 2. The SMILES string of the molecule is O=C(C[C@]1(c2ccc(-c3ccc(-c4cnco4)cc3)s2)CCN(C(=O)CC2CCCC2)CCS1(=O)=O)NO. The van der Waals surface area contributed by atoms with Crippen LogP contribution >= 0.6 is 11.3 Å². The number of nitrogens with one attached hydrogen (secondary N) is 1. The standard InChI is InChI=1S/C27H31N3O6S2/c31-25(29-33)16-27(11-12-30(13-14-38(27,34)35)26(32)15-19-3-1-2-4-19)24-10-9-23(37-24)21-7-5-20(6-8-21)22-17-28-18-36-22/h5-10,17-19,33H,1-4,11-16H2,(H,29,31)/t27-/m0/s1. The van der Waals surface area contributed by atoms with Crippen LogP contribution in [0.15, 0.2) is 53.4 Å². The lowest BCUT2D eigenvalue weighted by molar-refractivity contribution is -0.132. The van der Waals surface area contributed by atoms with Crippen LogP contribution < -0.4 is 5.48 Å². The fraction of sp³-hybridized carbons (Fsp3) is 0.444. The second kappa shape index (κ2) is 11.0. The molecule has 0 bridgehead atoms. The van der Waals surface area contributed by atoms with Gasteiger partial charge in [-0.3, -0.25) is 14.8 Å². The van der Waals surface area contributed by atoms with Gasteiger partial charge in [-0.15, -0.1) is 11.3 Å². The van der Waals surface area contributed by atoms with Crippen molar-refractivity contribution in [3.8, 4) is 21.8 Å². The Kier molecular flexibility index (Phi) is 7.69. The Morgan fingerprint density at radius 2 is 1.84 bits per heavy atom. The third-order valence-corrected chi connectivity index (χ3v) is 11.8. The van der Waals surface area contributed by atoms with Crippen molar-refractivity contribution >= 4 is 33.0 Å². The average molecular weight is 558 g/mol. The maximum atomic E-state index is 13.8. The first kappa shape index (κ1) is 26.6. The monoisotopic (exact) mass is 557 g/mol. The number of oxazole rings is 1. The minimum absolute atomic E-state index is 0.0202. The van der Waals surface area contributed by atoms with Crippen LogP contribution in [-0.2, 0) is 24.2 Å². The number of hydrogen-bond acceptors (Lipinski definition) is 8. The molecule has 1 atom stereocenters. The van der Waals surface area contributed by atoms with Crippen molar-refractivity contribution in [1.82, 2.24) is 15.4 Å². The molecular formula is C27H31N3O6S2. The van der Waals surface area contributed by atoms with E-state index in [1.165, 1.54) is 17.7 Å². The molecule has 3 aromatic rings. The van der Waals surface area contributed by atoms with Gasteiger partial charge in [0.1, 0.15) is 4.75 Å². The Labute approximate surface area is 225 Å². The number of hydrogen-bond donors (Lipinski definition) is 2. The number of sulfone groups is 1. The summed E-state index contributed by atoms with van der Waals surface area (Å²) in [5, 5.41) is 9.29. The number of aromatic nitrogens is 1. The highest BCUT2D eigenvalue weighted by Crippen LogP contribution is 2.45. The Balaban J connectivity index is 1.43. The molecule has 2 aromatic heterocycles. The zero-order valence-corrected chi connectivity index (χ0v) is 22.6. The summed E-state index contributed by atoms with van der Waals surface area (Å²) in [6.45, 7) is 0.348. The number of hydroxylamine groups is 1. The van der Waals surface area contributed by atoms with Crippen LogP contribution in [0.3, 0.4) is 0 Å². The molecule has 2 aliphatic rings. The zero-order valence-electron chi connectivity index (χ0n) is 21.0. The molecule has 1 saturated heterocycles. The Hall–Kier alpha value is -3.02. The van der Waals surface area contributed by atoms with Gasteiger partial charge in [0.25, 0.3) is 0 Å². The smallest absolute Gasteiger partial charge is 0.245 e. The maximum absolute atomic E-state index is 13.8. The number of nitrogens with zero attached hydrogens (tertiary/aromatic N) is 2. The van der Waals surface area contributed by atoms with E-state index in [4.69, 9.17) is 4.42 Å². The number of carbonyl (C=O) groups excluding carboxylic acids is 2. The molecule has 0 radical (unpaired) electrons.